The number of hydrogen-bond donors (Lipinski definition) is 0. The van der Waals surface area contributed by atoms with Crippen LogP contribution in [-0.4, -0.2) is 9.97 Å². The molecule has 0 radical (unpaired) electrons. The summed E-state index contributed by atoms with van der Waals surface area (Å²) >= 11 is 6.77. The molecule has 0 aliphatic carbocycles. The second-order valence-corrected chi connectivity index (χ2v) is 5.67. The number of benzene rings is 1. The second kappa shape index (κ2) is 5.61. The van der Waals surface area contributed by atoms with E-state index in [-0.39, 0.29) is 10.2 Å². The molecule has 0 bridgehead atoms. The van der Waals surface area contributed by atoms with Gasteiger partial charge in [-0.3, -0.25) is 0 Å². The number of rotatable bonds is 2. The van der Waals surface area contributed by atoms with E-state index in [4.69, 9.17) is 11.6 Å². The third-order valence-electron chi connectivity index (χ3n) is 2.48. The molecule has 7 heteroatoms. The van der Waals surface area contributed by atoms with Crippen LogP contribution in [0.1, 0.15) is 17.0 Å². The SMILES string of the molecule is Cc1ccc(C)c(Sc2cc(Cl)nc(C(F)(F)F)n2)c1. The molecule has 0 unspecified atom stereocenters. The molecule has 0 amide bonds. The van der Waals surface area contributed by atoms with Crippen LogP contribution in [0.5, 0.6) is 0 Å². The van der Waals surface area contributed by atoms with Gasteiger partial charge in [-0.05, 0) is 31.0 Å². The van der Waals surface area contributed by atoms with Crippen molar-refractivity contribution in [3.63, 3.8) is 0 Å². The summed E-state index contributed by atoms with van der Waals surface area (Å²) in [7, 11) is 0. The van der Waals surface area contributed by atoms with E-state index in [9.17, 15) is 13.2 Å². The van der Waals surface area contributed by atoms with Crippen LogP contribution in [0.25, 0.3) is 0 Å². The fraction of sp³-hybridized carbons (Fsp3) is 0.231. The monoisotopic (exact) mass is 318 g/mol. The first-order chi connectivity index (χ1) is 9.25. The van der Waals surface area contributed by atoms with Gasteiger partial charge in [0.1, 0.15) is 10.2 Å². The number of nitrogens with zero attached hydrogens (tertiary/aromatic N) is 2. The van der Waals surface area contributed by atoms with Crippen LogP contribution in [0.4, 0.5) is 13.2 Å². The van der Waals surface area contributed by atoms with Gasteiger partial charge in [0, 0.05) is 11.0 Å². The van der Waals surface area contributed by atoms with Gasteiger partial charge in [-0.15, -0.1) is 0 Å². The Balaban J connectivity index is 2.39. The van der Waals surface area contributed by atoms with Gasteiger partial charge in [-0.2, -0.15) is 13.2 Å². The topological polar surface area (TPSA) is 25.8 Å². The highest BCUT2D eigenvalue weighted by molar-refractivity contribution is 7.99. The van der Waals surface area contributed by atoms with Crippen molar-refractivity contribution in [3.8, 4) is 0 Å². The molecule has 0 spiro atoms. The Bertz CT molecular complexity index is 644. The molecule has 0 saturated heterocycles. The Morgan fingerprint density at radius 3 is 2.45 bits per heavy atom. The van der Waals surface area contributed by atoms with E-state index in [1.54, 1.807) is 0 Å². The summed E-state index contributed by atoms with van der Waals surface area (Å²) in [6.45, 7) is 3.80. The average molecular weight is 319 g/mol. The van der Waals surface area contributed by atoms with Crippen molar-refractivity contribution in [1.82, 2.24) is 9.97 Å². The van der Waals surface area contributed by atoms with E-state index in [2.05, 4.69) is 9.97 Å². The Kier molecular flexibility index (Phi) is 4.25. The van der Waals surface area contributed by atoms with Crippen LogP contribution in [0.2, 0.25) is 5.15 Å². The summed E-state index contributed by atoms with van der Waals surface area (Å²) in [5.74, 6) is -1.22. The van der Waals surface area contributed by atoms with E-state index in [0.717, 1.165) is 27.8 Å². The van der Waals surface area contributed by atoms with Crippen molar-refractivity contribution in [2.24, 2.45) is 0 Å². The summed E-state index contributed by atoms with van der Waals surface area (Å²) in [5, 5.41) is -0.0499. The number of alkyl halides is 3. The first-order valence-electron chi connectivity index (χ1n) is 5.62. The Morgan fingerprint density at radius 2 is 1.80 bits per heavy atom. The normalized spacial score (nSPS) is 11.7. The van der Waals surface area contributed by atoms with Crippen LogP contribution in [-0.2, 0) is 6.18 Å². The molecule has 0 N–H and O–H groups in total. The second-order valence-electron chi connectivity index (χ2n) is 4.22. The third kappa shape index (κ3) is 3.64. The lowest BCUT2D eigenvalue weighted by Gasteiger charge is -2.09. The lowest BCUT2D eigenvalue weighted by molar-refractivity contribution is -0.145. The largest absolute Gasteiger partial charge is 0.451 e. The number of hydrogen-bond acceptors (Lipinski definition) is 3. The molecule has 0 atom stereocenters. The maximum Gasteiger partial charge on any atom is 0.451 e. The molecule has 0 aliphatic rings. The van der Waals surface area contributed by atoms with Gasteiger partial charge in [-0.1, -0.05) is 35.5 Å². The van der Waals surface area contributed by atoms with Gasteiger partial charge < -0.3 is 0 Å². The summed E-state index contributed by atoms with van der Waals surface area (Å²) in [6.07, 6.45) is -4.61. The Hall–Kier alpha value is -1.27. The Morgan fingerprint density at radius 1 is 1.10 bits per heavy atom. The fourth-order valence-corrected chi connectivity index (χ4v) is 2.76. The highest BCUT2D eigenvalue weighted by Crippen LogP contribution is 2.33. The minimum Gasteiger partial charge on any atom is -0.217 e. The standard InChI is InChI=1S/C13H10ClF3N2S/c1-7-3-4-8(2)9(5-7)20-11-6-10(14)18-12(19-11)13(15,16)17/h3-6H,1-2H3. The molecule has 1 aromatic carbocycles. The van der Waals surface area contributed by atoms with Gasteiger partial charge in [0.05, 0.1) is 0 Å². The van der Waals surface area contributed by atoms with E-state index in [0.29, 0.717) is 0 Å². The molecule has 0 fully saturated rings. The van der Waals surface area contributed by atoms with E-state index < -0.39 is 12.0 Å². The smallest absolute Gasteiger partial charge is 0.217 e. The molecule has 1 heterocycles. The first-order valence-corrected chi connectivity index (χ1v) is 6.82. The van der Waals surface area contributed by atoms with E-state index in [1.165, 1.54) is 6.07 Å². The molecular formula is C13H10ClF3N2S. The predicted octanol–water partition coefficient (Wildman–Crippen LogP) is 4.92. The molecule has 2 rings (SSSR count). The lowest BCUT2D eigenvalue weighted by atomic mass is 10.2. The Labute approximate surface area is 123 Å². The zero-order valence-corrected chi connectivity index (χ0v) is 12.2. The van der Waals surface area contributed by atoms with Crippen molar-refractivity contribution < 1.29 is 13.2 Å². The zero-order valence-electron chi connectivity index (χ0n) is 10.6. The van der Waals surface area contributed by atoms with Crippen LogP contribution in [0, 0.1) is 13.8 Å². The van der Waals surface area contributed by atoms with Gasteiger partial charge in [-0.25, -0.2) is 9.97 Å². The molecular weight excluding hydrogens is 309 g/mol. The predicted molar refractivity (Wildman–Crippen MR) is 72.1 cm³/mol. The van der Waals surface area contributed by atoms with Crippen molar-refractivity contribution >= 4 is 23.4 Å². The summed E-state index contributed by atoms with van der Waals surface area (Å²) in [4.78, 5) is 7.56. The molecule has 2 aromatic rings. The van der Waals surface area contributed by atoms with Crippen LogP contribution in [0.3, 0.4) is 0 Å². The molecule has 106 valence electrons. The van der Waals surface area contributed by atoms with Crippen LogP contribution < -0.4 is 0 Å². The first kappa shape index (κ1) is 15.1. The number of halogens is 4. The molecule has 1 aromatic heterocycles. The van der Waals surface area contributed by atoms with Gasteiger partial charge in [0.2, 0.25) is 5.82 Å². The van der Waals surface area contributed by atoms with Crippen LogP contribution in [0.15, 0.2) is 34.2 Å². The van der Waals surface area contributed by atoms with Gasteiger partial charge in [0.25, 0.3) is 0 Å². The summed E-state index contributed by atoms with van der Waals surface area (Å²) in [6, 6.07) is 7.06. The quantitative estimate of drug-likeness (QED) is 0.735. The maximum absolute atomic E-state index is 12.6. The summed E-state index contributed by atoms with van der Waals surface area (Å²) in [5.41, 5.74) is 1.98. The van der Waals surface area contributed by atoms with E-state index >= 15 is 0 Å². The molecule has 0 saturated carbocycles. The number of aryl methyl sites for hydroxylation is 2. The zero-order chi connectivity index (χ0) is 14.9. The third-order valence-corrected chi connectivity index (χ3v) is 3.75. The average Bonchev–Trinajstić information content (AvgIpc) is 2.32. The highest BCUT2D eigenvalue weighted by Gasteiger charge is 2.35. The fourth-order valence-electron chi connectivity index (χ4n) is 1.51. The maximum atomic E-state index is 12.6. The molecule has 20 heavy (non-hydrogen) atoms. The van der Waals surface area contributed by atoms with Crippen molar-refractivity contribution in [2.45, 2.75) is 29.9 Å². The molecule has 0 aliphatic heterocycles. The minimum absolute atomic E-state index is 0.172. The van der Waals surface area contributed by atoms with Crippen molar-refractivity contribution in [3.05, 3.63) is 46.4 Å². The van der Waals surface area contributed by atoms with Crippen molar-refractivity contribution in [2.75, 3.05) is 0 Å². The minimum atomic E-state index is -4.61. The van der Waals surface area contributed by atoms with Crippen LogP contribution >= 0.6 is 23.4 Å². The summed E-state index contributed by atoms with van der Waals surface area (Å²) < 4.78 is 37.9. The van der Waals surface area contributed by atoms with Gasteiger partial charge in [0.15, 0.2) is 0 Å². The van der Waals surface area contributed by atoms with Gasteiger partial charge >= 0.3 is 6.18 Å². The number of aromatic nitrogens is 2. The molecule has 2 nitrogen and oxygen atoms in total. The highest BCUT2D eigenvalue weighted by atomic mass is 35.5. The lowest BCUT2D eigenvalue weighted by Crippen LogP contribution is -2.11. The van der Waals surface area contributed by atoms with E-state index in [1.807, 2.05) is 32.0 Å². The van der Waals surface area contributed by atoms with Crippen molar-refractivity contribution in [1.29, 1.82) is 0 Å².